The summed E-state index contributed by atoms with van der Waals surface area (Å²) in [4.78, 5) is 0. The van der Waals surface area contributed by atoms with Crippen molar-refractivity contribution >= 4 is 17.0 Å². The van der Waals surface area contributed by atoms with Crippen molar-refractivity contribution in [2.45, 2.75) is 58.8 Å². The first kappa shape index (κ1) is 20.2. The molecule has 1 aliphatic carbocycles. The van der Waals surface area contributed by atoms with Gasteiger partial charge in [-0.2, -0.15) is 29.3 Å². The van der Waals surface area contributed by atoms with Gasteiger partial charge in [-0.1, -0.05) is 76.3 Å². The summed E-state index contributed by atoms with van der Waals surface area (Å²) < 4.78 is 0. The summed E-state index contributed by atoms with van der Waals surface area (Å²) in [6.07, 6.45) is 1.03. The van der Waals surface area contributed by atoms with Gasteiger partial charge in [-0.05, 0) is 17.4 Å². The average molecular weight is 440 g/mol. The first-order chi connectivity index (χ1) is 11.1. The number of hydrogen-bond donors (Lipinski definition) is 0. The van der Waals surface area contributed by atoms with Gasteiger partial charge in [0.05, 0.1) is 0 Å². The van der Waals surface area contributed by atoms with Gasteiger partial charge in [0, 0.05) is 0 Å². The van der Waals surface area contributed by atoms with Crippen molar-refractivity contribution in [2.24, 2.45) is 0 Å². The molecule has 3 rings (SSSR count). The van der Waals surface area contributed by atoms with E-state index in [1.807, 2.05) is 0 Å². The number of fused-ring (bicyclic) bond motifs is 3. The molecule has 0 saturated carbocycles. The Labute approximate surface area is 165 Å². The fourth-order valence-electron chi connectivity index (χ4n) is 2.98. The molecule has 0 spiro atoms. The molecule has 0 bridgehead atoms. The van der Waals surface area contributed by atoms with Crippen molar-refractivity contribution in [1.29, 1.82) is 0 Å². The number of benzene rings is 2. The molecular formula is C21H25Cl2Zr-. The van der Waals surface area contributed by atoms with E-state index in [4.69, 9.17) is 17.0 Å². The summed E-state index contributed by atoms with van der Waals surface area (Å²) in [6.45, 7) is 13.6. The molecule has 0 aliphatic heterocycles. The Morgan fingerprint density at radius 1 is 0.875 bits per heavy atom. The first-order valence-electron chi connectivity index (χ1n) is 8.23. The Morgan fingerprint density at radius 3 is 1.96 bits per heavy atom. The Morgan fingerprint density at radius 2 is 1.42 bits per heavy atom. The normalized spacial score (nSPS) is 12.8. The van der Waals surface area contributed by atoms with Gasteiger partial charge in [-0.25, -0.2) is 0 Å². The first-order valence-corrected chi connectivity index (χ1v) is 14.6. The minimum absolute atomic E-state index is 0.177. The van der Waals surface area contributed by atoms with Crippen LogP contribution in [0.5, 0.6) is 0 Å². The fraction of sp³-hybridized carbons (Fsp3) is 0.429. The molecule has 0 saturated heterocycles. The van der Waals surface area contributed by atoms with Crippen LogP contribution in [0.15, 0.2) is 30.3 Å². The molecule has 24 heavy (non-hydrogen) atoms. The topological polar surface area (TPSA) is 0 Å². The van der Waals surface area contributed by atoms with Gasteiger partial charge in [0.1, 0.15) is 0 Å². The van der Waals surface area contributed by atoms with Gasteiger partial charge < -0.3 is 0 Å². The van der Waals surface area contributed by atoms with Gasteiger partial charge in [0.25, 0.3) is 0 Å². The van der Waals surface area contributed by atoms with Crippen LogP contribution in [-0.4, -0.2) is 0 Å². The van der Waals surface area contributed by atoms with Crippen LogP contribution in [0.1, 0.15) is 63.8 Å². The van der Waals surface area contributed by atoms with Crippen molar-refractivity contribution in [2.75, 3.05) is 0 Å². The van der Waals surface area contributed by atoms with Gasteiger partial charge in [0.2, 0.25) is 0 Å². The second-order valence-electron chi connectivity index (χ2n) is 8.40. The predicted molar refractivity (Wildman–Crippen MR) is 103 cm³/mol. The monoisotopic (exact) mass is 437 g/mol. The Kier molecular flexibility index (Phi) is 6.44. The van der Waals surface area contributed by atoms with Gasteiger partial charge in [-0.15, -0.1) is 5.56 Å². The van der Waals surface area contributed by atoms with Gasteiger partial charge in [-0.3, -0.25) is 0 Å². The van der Waals surface area contributed by atoms with E-state index in [0.717, 1.165) is 6.42 Å². The van der Waals surface area contributed by atoms with E-state index in [2.05, 4.69) is 77.9 Å². The summed E-state index contributed by atoms with van der Waals surface area (Å²) in [5, 5.41) is 0. The van der Waals surface area contributed by atoms with Crippen molar-refractivity contribution < 1.29 is 20.8 Å². The fourth-order valence-corrected chi connectivity index (χ4v) is 2.98. The van der Waals surface area contributed by atoms with Crippen LogP contribution >= 0.6 is 17.0 Å². The van der Waals surface area contributed by atoms with Gasteiger partial charge >= 0.3 is 37.9 Å². The third-order valence-corrected chi connectivity index (χ3v) is 4.53. The van der Waals surface area contributed by atoms with E-state index >= 15 is 0 Å². The van der Waals surface area contributed by atoms with Crippen molar-refractivity contribution in [1.82, 2.24) is 0 Å². The quantitative estimate of drug-likeness (QED) is 0.330. The summed E-state index contributed by atoms with van der Waals surface area (Å²) >= 11 is -0.826. The van der Waals surface area contributed by atoms with Crippen LogP contribution in [0.2, 0.25) is 0 Å². The van der Waals surface area contributed by atoms with Crippen LogP contribution in [0.3, 0.4) is 0 Å². The van der Waals surface area contributed by atoms with E-state index in [-0.39, 0.29) is 10.8 Å². The predicted octanol–water partition coefficient (Wildman–Crippen LogP) is 7.03. The number of hydrogen-bond acceptors (Lipinski definition) is 0. The van der Waals surface area contributed by atoms with Crippen molar-refractivity contribution in [3.05, 3.63) is 58.7 Å². The van der Waals surface area contributed by atoms with E-state index < -0.39 is 20.8 Å². The minimum atomic E-state index is -0.826. The maximum absolute atomic E-state index is 4.93. The molecule has 0 aromatic heterocycles. The molecule has 0 unspecified atom stereocenters. The Balaban J connectivity index is 0.000000647. The maximum atomic E-state index is 4.93. The second-order valence-corrected chi connectivity index (χ2v) is 12.1. The molecule has 2 aromatic carbocycles. The van der Waals surface area contributed by atoms with Crippen LogP contribution in [0, 0.1) is 6.07 Å². The molecule has 128 valence electrons. The van der Waals surface area contributed by atoms with Crippen LogP contribution in [0.4, 0.5) is 0 Å². The van der Waals surface area contributed by atoms with E-state index in [1.54, 1.807) is 0 Å². The number of rotatable bonds is 0. The van der Waals surface area contributed by atoms with E-state index in [1.165, 1.54) is 33.4 Å². The molecule has 3 heteroatoms. The average Bonchev–Trinajstić information content (AvgIpc) is 2.83. The third kappa shape index (κ3) is 4.54. The SMILES string of the molecule is CC(C)(C)c1c[c-]c2c(c1)-c1cc(C(C)(C)C)ccc1C2.[Cl][Zr][Cl]. The molecule has 2 aromatic rings. The van der Waals surface area contributed by atoms with Gasteiger partial charge in [0.15, 0.2) is 0 Å². The Bertz CT molecular complexity index is 660. The zero-order valence-electron chi connectivity index (χ0n) is 15.3. The number of halogens is 2. The summed E-state index contributed by atoms with van der Waals surface area (Å²) in [5.74, 6) is 0. The van der Waals surface area contributed by atoms with E-state index in [9.17, 15) is 0 Å². The molecule has 0 N–H and O–H groups in total. The summed E-state index contributed by atoms with van der Waals surface area (Å²) in [7, 11) is 9.87. The summed E-state index contributed by atoms with van der Waals surface area (Å²) in [5.41, 5.74) is 8.76. The zero-order valence-corrected chi connectivity index (χ0v) is 19.3. The van der Waals surface area contributed by atoms with E-state index in [0.29, 0.717) is 0 Å². The molecule has 0 amide bonds. The molecule has 0 radical (unpaired) electrons. The molecule has 1 aliphatic rings. The zero-order chi connectivity index (χ0) is 18.1. The molecular weight excluding hydrogens is 414 g/mol. The second kappa shape index (κ2) is 7.65. The third-order valence-electron chi connectivity index (χ3n) is 4.53. The standard InChI is InChI=1S/C21H25.2ClH.Zr/c1-20(2,3)16-9-7-14-11-15-8-10-17(21(4,5)6)13-19(15)18(14)12-16;;;/h7,9-10,12-13H,11H2,1-6H3;2*1H;/q-1;;;+2/p-2. The molecule has 0 heterocycles. The molecule has 0 nitrogen and oxygen atoms in total. The molecule has 0 atom stereocenters. The van der Waals surface area contributed by atoms with Crippen LogP contribution in [-0.2, 0) is 38.1 Å². The Hall–Kier alpha value is -0.0969. The molecule has 0 fully saturated rings. The van der Waals surface area contributed by atoms with Crippen LogP contribution < -0.4 is 0 Å². The summed E-state index contributed by atoms with van der Waals surface area (Å²) in [6, 6.07) is 15.1. The van der Waals surface area contributed by atoms with Crippen molar-refractivity contribution in [3.63, 3.8) is 0 Å². The van der Waals surface area contributed by atoms with Crippen molar-refractivity contribution in [3.8, 4) is 11.1 Å². The van der Waals surface area contributed by atoms with Crippen LogP contribution in [0.25, 0.3) is 11.1 Å².